The second-order valence-corrected chi connectivity index (χ2v) is 7.11. The monoisotopic (exact) mass is 289 g/mol. The van der Waals surface area contributed by atoms with E-state index in [4.69, 9.17) is 0 Å². The van der Waals surface area contributed by atoms with Crippen molar-refractivity contribution >= 4 is 10.0 Å². The lowest BCUT2D eigenvalue weighted by Gasteiger charge is -2.16. The molecule has 0 N–H and O–H groups in total. The van der Waals surface area contributed by atoms with Gasteiger partial charge in [0.1, 0.15) is 0 Å². The molecular weight excluding hydrogens is 272 g/mol. The van der Waals surface area contributed by atoms with E-state index in [9.17, 15) is 17.2 Å². The van der Waals surface area contributed by atoms with Crippen molar-refractivity contribution in [3.05, 3.63) is 29.8 Å². The molecule has 0 spiro atoms. The molecule has 0 unspecified atom stereocenters. The standard InChI is InChI=1S/C13H17F2NO2S/c1-10(2)11-3-5-12(6-4-11)19(17,18)16-8-7-13(14,15)9-16/h3-6,10H,7-9H2,1-2H3. The summed E-state index contributed by atoms with van der Waals surface area (Å²) >= 11 is 0. The zero-order valence-electron chi connectivity index (χ0n) is 10.9. The predicted octanol–water partition coefficient (Wildman–Crippen LogP) is 2.84. The number of halogens is 2. The number of hydrogen-bond acceptors (Lipinski definition) is 2. The van der Waals surface area contributed by atoms with Crippen LogP contribution in [0.5, 0.6) is 0 Å². The molecule has 0 aromatic heterocycles. The minimum Gasteiger partial charge on any atom is -0.207 e. The average Bonchev–Trinajstić information content (AvgIpc) is 2.70. The summed E-state index contributed by atoms with van der Waals surface area (Å²) in [5.74, 6) is -2.61. The van der Waals surface area contributed by atoms with E-state index in [0.29, 0.717) is 5.92 Å². The van der Waals surface area contributed by atoms with Crippen LogP contribution in [0.4, 0.5) is 8.78 Å². The first-order valence-corrected chi connectivity index (χ1v) is 7.64. The summed E-state index contributed by atoms with van der Waals surface area (Å²) in [6.07, 6.45) is -0.406. The molecule has 1 aromatic carbocycles. The quantitative estimate of drug-likeness (QED) is 0.858. The fraction of sp³-hybridized carbons (Fsp3) is 0.538. The molecule has 3 nitrogen and oxygen atoms in total. The van der Waals surface area contributed by atoms with E-state index in [1.807, 2.05) is 13.8 Å². The third-order valence-corrected chi connectivity index (χ3v) is 5.18. The van der Waals surface area contributed by atoms with Gasteiger partial charge in [-0.05, 0) is 23.6 Å². The van der Waals surface area contributed by atoms with E-state index in [1.165, 1.54) is 12.1 Å². The van der Waals surface area contributed by atoms with E-state index >= 15 is 0 Å². The lowest BCUT2D eigenvalue weighted by atomic mass is 10.0. The topological polar surface area (TPSA) is 37.4 Å². The van der Waals surface area contributed by atoms with Crippen LogP contribution in [0.15, 0.2) is 29.2 Å². The average molecular weight is 289 g/mol. The fourth-order valence-corrected chi connectivity index (χ4v) is 3.55. The van der Waals surface area contributed by atoms with Gasteiger partial charge in [-0.1, -0.05) is 26.0 Å². The van der Waals surface area contributed by atoms with Crippen LogP contribution >= 0.6 is 0 Å². The summed E-state index contributed by atoms with van der Waals surface area (Å²) in [6, 6.07) is 6.43. The van der Waals surface area contributed by atoms with Crippen molar-refractivity contribution in [3.63, 3.8) is 0 Å². The van der Waals surface area contributed by atoms with Gasteiger partial charge in [-0.3, -0.25) is 0 Å². The van der Waals surface area contributed by atoms with Crippen molar-refractivity contribution in [3.8, 4) is 0 Å². The van der Waals surface area contributed by atoms with Crippen molar-refractivity contribution in [1.82, 2.24) is 4.31 Å². The van der Waals surface area contributed by atoms with Crippen molar-refractivity contribution < 1.29 is 17.2 Å². The molecule has 2 rings (SSSR count). The summed E-state index contributed by atoms with van der Waals surface area (Å²) in [4.78, 5) is 0.0783. The summed E-state index contributed by atoms with van der Waals surface area (Å²) in [6.45, 7) is 3.16. The first-order valence-electron chi connectivity index (χ1n) is 6.20. The van der Waals surface area contributed by atoms with Crippen LogP contribution in [0.3, 0.4) is 0 Å². The Morgan fingerprint density at radius 2 is 1.79 bits per heavy atom. The van der Waals surface area contributed by atoms with Gasteiger partial charge in [0, 0.05) is 13.0 Å². The highest BCUT2D eigenvalue weighted by Crippen LogP contribution is 2.31. The Labute approximate surface area is 112 Å². The number of benzene rings is 1. The lowest BCUT2D eigenvalue weighted by Crippen LogP contribution is -2.31. The van der Waals surface area contributed by atoms with Gasteiger partial charge >= 0.3 is 0 Å². The molecule has 1 aliphatic rings. The second-order valence-electron chi connectivity index (χ2n) is 5.17. The van der Waals surface area contributed by atoms with Gasteiger partial charge in [0.2, 0.25) is 10.0 Å². The Kier molecular flexibility index (Phi) is 3.66. The summed E-state index contributed by atoms with van der Waals surface area (Å²) < 4.78 is 51.5. The highest BCUT2D eigenvalue weighted by molar-refractivity contribution is 7.89. The number of nitrogens with zero attached hydrogens (tertiary/aromatic N) is 1. The van der Waals surface area contributed by atoms with Crippen LogP contribution < -0.4 is 0 Å². The van der Waals surface area contributed by atoms with E-state index < -0.39 is 28.9 Å². The molecule has 0 radical (unpaired) electrons. The first-order chi connectivity index (χ1) is 8.72. The summed E-state index contributed by atoms with van der Waals surface area (Å²) in [5.41, 5.74) is 1.02. The minimum atomic E-state index is -3.80. The summed E-state index contributed by atoms with van der Waals surface area (Å²) in [5, 5.41) is 0. The normalized spacial score (nSPS) is 20.1. The van der Waals surface area contributed by atoms with Gasteiger partial charge in [0.15, 0.2) is 0 Å². The maximum absolute atomic E-state index is 13.1. The van der Waals surface area contributed by atoms with Crippen molar-refractivity contribution in [2.45, 2.75) is 37.0 Å². The van der Waals surface area contributed by atoms with Crippen molar-refractivity contribution in [2.24, 2.45) is 0 Å². The Hall–Kier alpha value is -1.01. The maximum atomic E-state index is 13.1. The number of sulfonamides is 1. The fourth-order valence-electron chi connectivity index (χ4n) is 2.08. The SMILES string of the molecule is CC(C)c1ccc(S(=O)(=O)N2CCC(F)(F)C2)cc1. The lowest BCUT2D eigenvalue weighted by molar-refractivity contribution is 0.0183. The Morgan fingerprint density at radius 3 is 2.21 bits per heavy atom. The van der Waals surface area contributed by atoms with Crippen LogP contribution in [-0.4, -0.2) is 31.7 Å². The number of alkyl halides is 2. The smallest absolute Gasteiger partial charge is 0.207 e. The highest BCUT2D eigenvalue weighted by atomic mass is 32.2. The molecule has 0 atom stereocenters. The van der Waals surface area contributed by atoms with Gasteiger partial charge in [0.25, 0.3) is 5.92 Å². The van der Waals surface area contributed by atoms with Crippen LogP contribution in [-0.2, 0) is 10.0 Å². The Balaban J connectivity index is 2.25. The Bertz CT molecular complexity index is 553. The summed E-state index contributed by atoms with van der Waals surface area (Å²) in [7, 11) is -3.80. The van der Waals surface area contributed by atoms with Gasteiger partial charge in [-0.2, -0.15) is 4.31 Å². The number of hydrogen-bond donors (Lipinski definition) is 0. The molecular formula is C13H17F2NO2S. The zero-order chi connectivity index (χ0) is 14.3. The molecule has 19 heavy (non-hydrogen) atoms. The largest absolute Gasteiger partial charge is 0.262 e. The molecule has 106 valence electrons. The van der Waals surface area contributed by atoms with Gasteiger partial charge in [0.05, 0.1) is 11.4 Å². The molecule has 1 saturated heterocycles. The highest BCUT2D eigenvalue weighted by Gasteiger charge is 2.43. The van der Waals surface area contributed by atoms with E-state index in [-0.39, 0.29) is 11.4 Å². The van der Waals surface area contributed by atoms with Gasteiger partial charge < -0.3 is 0 Å². The van der Waals surface area contributed by atoms with E-state index in [0.717, 1.165) is 9.87 Å². The van der Waals surface area contributed by atoms with Crippen LogP contribution in [0.1, 0.15) is 31.7 Å². The van der Waals surface area contributed by atoms with Crippen LogP contribution in [0.25, 0.3) is 0 Å². The van der Waals surface area contributed by atoms with Crippen molar-refractivity contribution in [1.29, 1.82) is 0 Å². The van der Waals surface area contributed by atoms with Gasteiger partial charge in [-0.25, -0.2) is 17.2 Å². The molecule has 6 heteroatoms. The molecule has 0 saturated carbocycles. The van der Waals surface area contributed by atoms with E-state index in [1.54, 1.807) is 12.1 Å². The first kappa shape index (κ1) is 14.4. The van der Waals surface area contributed by atoms with E-state index in [2.05, 4.69) is 0 Å². The molecule has 1 aliphatic heterocycles. The molecule has 1 aromatic rings. The molecule has 1 heterocycles. The van der Waals surface area contributed by atoms with Crippen LogP contribution in [0, 0.1) is 0 Å². The Morgan fingerprint density at radius 1 is 1.21 bits per heavy atom. The second kappa shape index (κ2) is 4.83. The predicted molar refractivity (Wildman–Crippen MR) is 68.9 cm³/mol. The minimum absolute atomic E-state index is 0.0783. The molecule has 0 aliphatic carbocycles. The third-order valence-electron chi connectivity index (χ3n) is 3.32. The van der Waals surface area contributed by atoms with Gasteiger partial charge in [-0.15, -0.1) is 0 Å². The third kappa shape index (κ3) is 2.95. The maximum Gasteiger partial charge on any atom is 0.262 e. The molecule has 0 amide bonds. The van der Waals surface area contributed by atoms with Crippen molar-refractivity contribution in [2.75, 3.05) is 13.1 Å². The molecule has 0 bridgehead atoms. The zero-order valence-corrected chi connectivity index (χ0v) is 11.8. The molecule has 1 fully saturated rings. The number of rotatable bonds is 3. The van der Waals surface area contributed by atoms with Crippen LogP contribution in [0.2, 0.25) is 0 Å².